The van der Waals surface area contributed by atoms with E-state index < -0.39 is 0 Å². The van der Waals surface area contributed by atoms with Crippen LogP contribution in [-0.2, 0) is 13.0 Å². The molecule has 2 aliphatic heterocycles. The third kappa shape index (κ3) is 4.04. The van der Waals surface area contributed by atoms with Gasteiger partial charge in [0.2, 0.25) is 5.95 Å². The van der Waals surface area contributed by atoms with E-state index in [1.165, 1.54) is 43.5 Å². The van der Waals surface area contributed by atoms with Crippen LogP contribution in [0.15, 0.2) is 36.9 Å². The van der Waals surface area contributed by atoms with Crippen LogP contribution in [0.25, 0.3) is 0 Å². The van der Waals surface area contributed by atoms with Gasteiger partial charge in [-0.3, -0.25) is 9.88 Å². The van der Waals surface area contributed by atoms with Crippen LogP contribution in [0.3, 0.4) is 0 Å². The number of aryl methyl sites for hydroxylation is 1. The largest absolute Gasteiger partial charge is 0.341 e. The summed E-state index contributed by atoms with van der Waals surface area (Å²) in [6.45, 7) is 7.82. The van der Waals surface area contributed by atoms with Crippen molar-refractivity contribution in [2.45, 2.75) is 39.2 Å². The second-order valence-electron chi connectivity index (χ2n) is 7.71. The molecule has 0 radical (unpaired) electrons. The van der Waals surface area contributed by atoms with Gasteiger partial charge >= 0.3 is 0 Å². The minimum absolute atomic E-state index is 0.796. The van der Waals surface area contributed by atoms with Crippen molar-refractivity contribution in [3.05, 3.63) is 48.0 Å². The van der Waals surface area contributed by atoms with Gasteiger partial charge in [0, 0.05) is 44.4 Å². The summed E-state index contributed by atoms with van der Waals surface area (Å²) in [6.07, 6.45) is 12.7. The molecule has 0 saturated carbocycles. The van der Waals surface area contributed by atoms with Crippen LogP contribution in [-0.4, -0.2) is 46.0 Å². The molecule has 0 amide bonds. The van der Waals surface area contributed by atoms with Crippen LogP contribution >= 0.6 is 0 Å². The summed E-state index contributed by atoms with van der Waals surface area (Å²) in [6, 6.07) is 4.21. The highest BCUT2D eigenvalue weighted by molar-refractivity contribution is 5.31. The number of aromatic nitrogens is 3. The fourth-order valence-electron chi connectivity index (χ4n) is 4.38. The highest BCUT2D eigenvalue weighted by Gasteiger charge is 2.32. The molecule has 2 aromatic rings. The van der Waals surface area contributed by atoms with E-state index in [0.717, 1.165) is 43.8 Å². The summed E-state index contributed by atoms with van der Waals surface area (Å²) in [5.74, 6) is 2.56. The lowest BCUT2D eigenvalue weighted by Crippen LogP contribution is -2.36. The van der Waals surface area contributed by atoms with Gasteiger partial charge in [0.1, 0.15) is 0 Å². The second kappa shape index (κ2) is 8.12. The van der Waals surface area contributed by atoms with Crippen molar-refractivity contribution < 1.29 is 0 Å². The van der Waals surface area contributed by atoms with Gasteiger partial charge in [-0.2, -0.15) is 0 Å². The van der Waals surface area contributed by atoms with Crippen molar-refractivity contribution in [1.82, 2.24) is 19.9 Å². The molecule has 26 heavy (non-hydrogen) atoms. The van der Waals surface area contributed by atoms with Gasteiger partial charge in [0.25, 0.3) is 0 Å². The fourth-order valence-corrected chi connectivity index (χ4v) is 4.38. The minimum Gasteiger partial charge on any atom is -0.341 e. The molecule has 2 saturated heterocycles. The Hall–Kier alpha value is -2.01. The standard InChI is InChI=1S/C21H29N5/c1-2-17-13-23-21(24-14-17)26-11-7-20(16-26)19-5-9-25(10-6-19)15-18-4-3-8-22-12-18/h3-4,8,12-14,19-20H,2,5-7,9-11,15-16H2,1H3. The van der Waals surface area contributed by atoms with Crippen molar-refractivity contribution in [2.24, 2.45) is 11.8 Å². The lowest BCUT2D eigenvalue weighted by molar-refractivity contribution is 0.147. The lowest BCUT2D eigenvalue weighted by atomic mass is 9.83. The van der Waals surface area contributed by atoms with E-state index in [9.17, 15) is 0 Å². The average molecular weight is 351 g/mol. The normalized spacial score (nSPS) is 22.0. The van der Waals surface area contributed by atoms with Crippen molar-refractivity contribution in [3.8, 4) is 0 Å². The van der Waals surface area contributed by atoms with Gasteiger partial charge in [-0.05, 0) is 67.8 Å². The molecule has 4 heterocycles. The van der Waals surface area contributed by atoms with Crippen LogP contribution in [0.4, 0.5) is 5.95 Å². The molecule has 4 rings (SSSR count). The molecular weight excluding hydrogens is 322 g/mol. The van der Waals surface area contributed by atoms with Gasteiger partial charge in [0.15, 0.2) is 0 Å². The van der Waals surface area contributed by atoms with E-state index >= 15 is 0 Å². The first-order valence-corrected chi connectivity index (χ1v) is 9.99. The third-order valence-corrected chi connectivity index (χ3v) is 6.04. The van der Waals surface area contributed by atoms with Crippen LogP contribution < -0.4 is 4.90 Å². The summed E-state index contributed by atoms with van der Waals surface area (Å²) in [7, 11) is 0. The highest BCUT2D eigenvalue weighted by Crippen LogP contribution is 2.33. The monoisotopic (exact) mass is 351 g/mol. The number of anilines is 1. The fraction of sp³-hybridized carbons (Fsp3) is 0.571. The molecule has 5 heteroatoms. The summed E-state index contributed by atoms with van der Waals surface area (Å²) in [5.41, 5.74) is 2.54. The van der Waals surface area contributed by atoms with Gasteiger partial charge in [-0.1, -0.05) is 13.0 Å². The lowest BCUT2D eigenvalue weighted by Gasteiger charge is -2.34. The average Bonchev–Trinajstić information content (AvgIpc) is 3.20. The zero-order valence-corrected chi connectivity index (χ0v) is 15.7. The first-order chi connectivity index (χ1) is 12.8. The smallest absolute Gasteiger partial charge is 0.225 e. The van der Waals surface area contributed by atoms with E-state index in [2.05, 4.69) is 37.7 Å². The molecule has 0 N–H and O–H groups in total. The molecule has 2 aliphatic rings. The predicted octanol–water partition coefficient (Wildman–Crippen LogP) is 3.17. The van der Waals surface area contributed by atoms with Crippen molar-refractivity contribution in [3.63, 3.8) is 0 Å². The third-order valence-electron chi connectivity index (χ3n) is 6.04. The van der Waals surface area contributed by atoms with E-state index in [1.54, 1.807) is 0 Å². The van der Waals surface area contributed by atoms with Crippen LogP contribution in [0.1, 0.15) is 37.3 Å². The Kier molecular flexibility index (Phi) is 5.44. The topological polar surface area (TPSA) is 45.2 Å². The Labute approximate surface area is 156 Å². The molecule has 138 valence electrons. The van der Waals surface area contributed by atoms with Crippen LogP contribution in [0.5, 0.6) is 0 Å². The molecule has 0 aromatic carbocycles. The van der Waals surface area contributed by atoms with E-state index in [4.69, 9.17) is 0 Å². The van der Waals surface area contributed by atoms with Crippen molar-refractivity contribution in [1.29, 1.82) is 0 Å². The molecular formula is C21H29N5. The molecule has 0 aliphatic carbocycles. The maximum absolute atomic E-state index is 4.57. The summed E-state index contributed by atoms with van der Waals surface area (Å²) >= 11 is 0. The zero-order chi connectivity index (χ0) is 17.8. The number of piperidine rings is 1. The van der Waals surface area contributed by atoms with Gasteiger partial charge in [-0.25, -0.2) is 9.97 Å². The molecule has 1 atom stereocenters. The molecule has 2 aromatic heterocycles. The number of hydrogen-bond donors (Lipinski definition) is 0. The Bertz CT molecular complexity index is 679. The molecule has 1 unspecified atom stereocenters. The Morgan fingerprint density at radius 2 is 1.73 bits per heavy atom. The number of likely N-dealkylation sites (tertiary alicyclic amines) is 1. The van der Waals surface area contributed by atoms with Gasteiger partial charge in [0.05, 0.1) is 0 Å². The molecule has 0 spiro atoms. The maximum atomic E-state index is 4.57. The van der Waals surface area contributed by atoms with E-state index in [1.807, 2.05) is 30.9 Å². The maximum Gasteiger partial charge on any atom is 0.225 e. The van der Waals surface area contributed by atoms with Crippen molar-refractivity contribution in [2.75, 3.05) is 31.1 Å². The molecule has 2 fully saturated rings. The number of hydrogen-bond acceptors (Lipinski definition) is 5. The number of pyridine rings is 1. The Morgan fingerprint density at radius 3 is 2.42 bits per heavy atom. The first-order valence-electron chi connectivity index (χ1n) is 9.99. The highest BCUT2D eigenvalue weighted by atomic mass is 15.3. The molecule has 0 bridgehead atoms. The van der Waals surface area contributed by atoms with Gasteiger partial charge < -0.3 is 4.90 Å². The summed E-state index contributed by atoms with van der Waals surface area (Å²) in [5, 5.41) is 0. The van der Waals surface area contributed by atoms with Gasteiger partial charge in [-0.15, -0.1) is 0 Å². The van der Waals surface area contributed by atoms with E-state index in [0.29, 0.717) is 0 Å². The van der Waals surface area contributed by atoms with E-state index in [-0.39, 0.29) is 0 Å². The quantitative estimate of drug-likeness (QED) is 0.828. The van der Waals surface area contributed by atoms with Crippen LogP contribution in [0, 0.1) is 11.8 Å². The minimum atomic E-state index is 0.796. The number of nitrogens with zero attached hydrogens (tertiary/aromatic N) is 5. The summed E-state index contributed by atoms with van der Waals surface area (Å²) < 4.78 is 0. The number of rotatable bonds is 5. The Balaban J connectivity index is 1.27. The summed E-state index contributed by atoms with van der Waals surface area (Å²) in [4.78, 5) is 18.3. The second-order valence-corrected chi connectivity index (χ2v) is 7.71. The van der Waals surface area contributed by atoms with Crippen LogP contribution in [0.2, 0.25) is 0 Å². The SMILES string of the molecule is CCc1cnc(N2CCC(C3CCN(Cc4cccnc4)CC3)C2)nc1. The first kappa shape index (κ1) is 17.4. The van der Waals surface area contributed by atoms with Crippen molar-refractivity contribution >= 4 is 5.95 Å². The Morgan fingerprint density at radius 1 is 0.962 bits per heavy atom. The predicted molar refractivity (Wildman–Crippen MR) is 104 cm³/mol. The molecule has 5 nitrogen and oxygen atoms in total. The zero-order valence-electron chi connectivity index (χ0n) is 15.7.